The van der Waals surface area contributed by atoms with Gasteiger partial charge in [-0.3, -0.25) is 0 Å². The zero-order valence-corrected chi connectivity index (χ0v) is 31.1. The average molecular weight is 732 g/mol. The highest BCUT2D eigenvalue weighted by atomic mass is 32.1. The van der Waals surface area contributed by atoms with Gasteiger partial charge in [-0.25, -0.2) is 9.97 Å². The predicted molar refractivity (Wildman–Crippen MR) is 236 cm³/mol. The molecule has 3 heterocycles. The van der Waals surface area contributed by atoms with Crippen LogP contribution in [0.25, 0.3) is 104 Å². The Bertz CT molecular complexity index is 3150. The molecule has 0 bridgehead atoms. The quantitative estimate of drug-likeness (QED) is 0.170. The maximum absolute atomic E-state index is 5.11. The lowest BCUT2D eigenvalue weighted by molar-refractivity contribution is 1.17. The first-order valence-corrected chi connectivity index (χ1v) is 19.7. The van der Waals surface area contributed by atoms with E-state index in [0.29, 0.717) is 5.82 Å². The van der Waals surface area contributed by atoms with Crippen LogP contribution in [0.1, 0.15) is 0 Å². The highest BCUT2D eigenvalue weighted by Crippen LogP contribution is 2.45. The fraction of sp³-hybridized carbons (Fsp3) is 0. The minimum Gasteiger partial charge on any atom is -0.308 e. The van der Waals surface area contributed by atoms with Crippen LogP contribution in [0.15, 0.2) is 200 Å². The number of fused-ring (bicyclic) bond motifs is 7. The van der Waals surface area contributed by atoms with Crippen molar-refractivity contribution < 1.29 is 0 Å². The lowest BCUT2D eigenvalue weighted by atomic mass is 10.0. The Morgan fingerprint density at radius 3 is 1.48 bits per heavy atom. The Kier molecular flexibility index (Phi) is 7.68. The Morgan fingerprint density at radius 2 is 0.857 bits per heavy atom. The largest absolute Gasteiger partial charge is 0.308 e. The van der Waals surface area contributed by atoms with E-state index in [1.807, 2.05) is 35.6 Å². The molecule has 0 N–H and O–H groups in total. The zero-order chi connectivity index (χ0) is 37.0. The van der Waals surface area contributed by atoms with Crippen molar-refractivity contribution in [3.05, 3.63) is 200 Å². The number of hydrogen-bond donors (Lipinski definition) is 0. The van der Waals surface area contributed by atoms with Crippen molar-refractivity contribution in [2.45, 2.75) is 0 Å². The lowest BCUT2D eigenvalue weighted by Crippen LogP contribution is -1.97. The number of thiophene rings is 1. The summed E-state index contributed by atoms with van der Waals surface area (Å²) in [4.78, 5) is 10.1. The molecule has 4 heteroatoms. The summed E-state index contributed by atoms with van der Waals surface area (Å²) < 4.78 is 5.04. The Morgan fingerprint density at radius 1 is 0.357 bits per heavy atom. The molecule has 0 fully saturated rings. The van der Waals surface area contributed by atoms with Gasteiger partial charge in [-0.1, -0.05) is 158 Å². The van der Waals surface area contributed by atoms with Gasteiger partial charge in [-0.15, -0.1) is 11.3 Å². The van der Waals surface area contributed by atoms with Gasteiger partial charge in [-0.05, 0) is 64.7 Å². The molecule has 0 atom stereocenters. The summed E-state index contributed by atoms with van der Waals surface area (Å²) in [5.74, 6) is 0.713. The Hall–Kier alpha value is -7.14. The highest BCUT2D eigenvalue weighted by molar-refractivity contribution is 7.26. The molecule has 0 saturated heterocycles. The predicted octanol–water partition coefficient (Wildman–Crippen LogP) is 14.3. The van der Waals surface area contributed by atoms with E-state index in [4.69, 9.17) is 9.97 Å². The van der Waals surface area contributed by atoms with E-state index < -0.39 is 0 Å². The van der Waals surface area contributed by atoms with Gasteiger partial charge in [0.2, 0.25) is 0 Å². The van der Waals surface area contributed by atoms with Crippen LogP contribution in [0, 0.1) is 0 Å². The van der Waals surface area contributed by atoms with Crippen molar-refractivity contribution in [3.63, 3.8) is 0 Å². The monoisotopic (exact) mass is 731 g/mol. The molecule has 0 spiro atoms. The van der Waals surface area contributed by atoms with Crippen LogP contribution in [0.4, 0.5) is 0 Å². The molecule has 0 saturated carbocycles. The van der Waals surface area contributed by atoms with Crippen LogP contribution >= 0.6 is 11.3 Å². The number of benzene rings is 8. The molecule has 0 radical (unpaired) electrons. The van der Waals surface area contributed by atoms with Crippen LogP contribution in [0.2, 0.25) is 0 Å². The van der Waals surface area contributed by atoms with E-state index in [1.165, 1.54) is 64.2 Å². The van der Waals surface area contributed by atoms with Crippen LogP contribution < -0.4 is 0 Å². The van der Waals surface area contributed by atoms with Crippen molar-refractivity contribution in [3.8, 4) is 61.8 Å². The maximum Gasteiger partial charge on any atom is 0.160 e. The zero-order valence-electron chi connectivity index (χ0n) is 30.3. The van der Waals surface area contributed by atoms with Gasteiger partial charge in [-0.2, -0.15) is 0 Å². The van der Waals surface area contributed by atoms with Gasteiger partial charge in [0.25, 0.3) is 0 Å². The molecule has 0 unspecified atom stereocenters. The van der Waals surface area contributed by atoms with Crippen LogP contribution in [0.3, 0.4) is 0 Å². The van der Waals surface area contributed by atoms with Gasteiger partial charge in [0.05, 0.1) is 27.1 Å². The number of hydrogen-bond acceptors (Lipinski definition) is 3. The van der Waals surface area contributed by atoms with Crippen molar-refractivity contribution in [1.29, 1.82) is 0 Å². The fourth-order valence-corrected chi connectivity index (χ4v) is 9.29. The molecule has 3 nitrogen and oxygen atoms in total. The number of aromatic nitrogens is 3. The molecule has 11 rings (SSSR count). The van der Waals surface area contributed by atoms with Crippen molar-refractivity contribution in [1.82, 2.24) is 14.5 Å². The van der Waals surface area contributed by atoms with Crippen molar-refractivity contribution in [2.75, 3.05) is 0 Å². The molecule has 0 aliphatic rings. The molecule has 262 valence electrons. The number of rotatable bonds is 6. The first kappa shape index (κ1) is 32.3. The number of nitrogens with zero attached hydrogens (tertiary/aromatic N) is 3. The van der Waals surface area contributed by atoms with E-state index >= 15 is 0 Å². The molecular weight excluding hydrogens is 699 g/mol. The fourth-order valence-electron chi connectivity index (χ4n) is 8.07. The summed E-state index contributed by atoms with van der Waals surface area (Å²) in [6.45, 7) is 0. The van der Waals surface area contributed by atoms with Gasteiger partial charge >= 0.3 is 0 Å². The van der Waals surface area contributed by atoms with Gasteiger partial charge in [0, 0.05) is 48.6 Å². The third-order valence-electron chi connectivity index (χ3n) is 10.8. The third kappa shape index (κ3) is 5.50. The second-order valence-corrected chi connectivity index (χ2v) is 15.2. The first-order chi connectivity index (χ1) is 27.7. The van der Waals surface area contributed by atoms with Crippen LogP contribution in [-0.2, 0) is 0 Å². The van der Waals surface area contributed by atoms with Crippen LogP contribution in [-0.4, -0.2) is 14.5 Å². The van der Waals surface area contributed by atoms with E-state index in [2.05, 4.69) is 180 Å². The summed E-state index contributed by atoms with van der Waals surface area (Å²) >= 11 is 1.88. The summed E-state index contributed by atoms with van der Waals surface area (Å²) in [6.07, 6.45) is 0. The summed E-state index contributed by atoms with van der Waals surface area (Å²) in [5, 5.41) is 5.06. The molecule has 0 aliphatic carbocycles. The summed E-state index contributed by atoms with van der Waals surface area (Å²) in [5.41, 5.74) is 13.3. The summed E-state index contributed by atoms with van der Waals surface area (Å²) in [6, 6.07) is 71.4. The van der Waals surface area contributed by atoms with E-state index in [-0.39, 0.29) is 0 Å². The third-order valence-corrected chi connectivity index (χ3v) is 12.0. The highest BCUT2D eigenvalue weighted by Gasteiger charge is 2.19. The molecule has 56 heavy (non-hydrogen) atoms. The molecule has 3 aromatic heterocycles. The SMILES string of the molecule is c1ccc(-c2ccc3sc4c(ccc5c6cc(-c7ccccc7)ccc6n(-c6ccc(-c7cc(-c8ccccc8)nc(-c8ccccc8)n7)cc6)c54)c3c2)cc1. The van der Waals surface area contributed by atoms with Gasteiger partial charge < -0.3 is 4.57 Å². The lowest BCUT2D eigenvalue weighted by Gasteiger charge is -2.12. The average Bonchev–Trinajstić information content (AvgIpc) is 3.83. The normalized spacial score (nSPS) is 11.6. The minimum absolute atomic E-state index is 0.713. The molecule has 8 aromatic carbocycles. The Labute approximate surface area is 328 Å². The van der Waals surface area contributed by atoms with E-state index in [0.717, 1.165) is 33.8 Å². The van der Waals surface area contributed by atoms with Crippen LogP contribution in [0.5, 0.6) is 0 Å². The van der Waals surface area contributed by atoms with Gasteiger partial charge in [0.15, 0.2) is 5.82 Å². The van der Waals surface area contributed by atoms with Gasteiger partial charge in [0.1, 0.15) is 0 Å². The van der Waals surface area contributed by atoms with Crippen molar-refractivity contribution in [2.24, 2.45) is 0 Å². The van der Waals surface area contributed by atoms with Crippen molar-refractivity contribution >= 4 is 53.3 Å². The topological polar surface area (TPSA) is 30.7 Å². The standard InChI is InChI=1S/C52H33N3S/c1-5-13-34(14-6-1)39-23-29-48-44(31-39)42-27-28-43-45-32-40(35-15-7-2-8-16-35)24-30-49(45)56-51(43)50(42)55(48)41-25-21-37(22-26-41)47-33-46(36-17-9-3-10-18-36)53-52(54-47)38-19-11-4-12-20-38/h1-33H. The molecular formula is C52H33N3S. The van der Waals surface area contributed by atoms with E-state index in [1.54, 1.807) is 0 Å². The van der Waals surface area contributed by atoms with E-state index in [9.17, 15) is 0 Å². The second-order valence-electron chi connectivity index (χ2n) is 14.2. The smallest absolute Gasteiger partial charge is 0.160 e. The minimum atomic E-state index is 0.713. The Balaban J connectivity index is 1.11. The maximum atomic E-state index is 5.11. The second kappa shape index (κ2) is 13.3. The molecule has 11 aromatic rings. The molecule has 0 amide bonds. The first-order valence-electron chi connectivity index (χ1n) is 18.9. The molecule has 0 aliphatic heterocycles. The summed E-state index contributed by atoms with van der Waals surface area (Å²) in [7, 11) is 0.